The summed E-state index contributed by atoms with van der Waals surface area (Å²) in [5.41, 5.74) is 3.29. The summed E-state index contributed by atoms with van der Waals surface area (Å²) < 4.78 is 0. The molecule has 0 bridgehead atoms. The third-order valence-corrected chi connectivity index (χ3v) is 4.35. The van der Waals surface area contributed by atoms with Crippen molar-refractivity contribution in [1.29, 1.82) is 0 Å². The number of alkyl halides is 1. The molecule has 20 heavy (non-hydrogen) atoms. The number of halogens is 1. The number of aromatic nitrogens is 1. The van der Waals surface area contributed by atoms with Gasteiger partial charge in [-0.3, -0.25) is 4.90 Å². The van der Waals surface area contributed by atoms with Crippen LogP contribution < -0.4 is 0 Å². The molecular formula is C15H19ClN2OS. The molecule has 1 aromatic heterocycles. The number of nitrogens with zero attached hydrogens (tertiary/aromatic N) is 2. The van der Waals surface area contributed by atoms with Crippen LogP contribution in [0.5, 0.6) is 0 Å². The first-order valence-electron chi connectivity index (χ1n) is 6.69. The third-order valence-electron chi connectivity index (χ3n) is 3.13. The zero-order chi connectivity index (χ0) is 14.4. The zero-order valence-corrected chi connectivity index (χ0v) is 13.1. The minimum atomic E-state index is 0.194. The highest BCUT2D eigenvalue weighted by atomic mass is 35.5. The quantitative estimate of drug-likeness (QED) is 0.797. The van der Waals surface area contributed by atoms with Gasteiger partial charge in [0, 0.05) is 24.0 Å². The van der Waals surface area contributed by atoms with Crippen LogP contribution in [-0.2, 0) is 12.4 Å². The highest BCUT2D eigenvalue weighted by Gasteiger charge is 2.07. The summed E-state index contributed by atoms with van der Waals surface area (Å²) >= 11 is 7.42. The van der Waals surface area contributed by atoms with E-state index >= 15 is 0 Å². The van der Waals surface area contributed by atoms with E-state index in [1.807, 2.05) is 5.38 Å². The Morgan fingerprint density at radius 3 is 2.90 bits per heavy atom. The molecule has 0 aliphatic rings. The van der Waals surface area contributed by atoms with E-state index in [-0.39, 0.29) is 6.61 Å². The van der Waals surface area contributed by atoms with Crippen molar-refractivity contribution < 1.29 is 5.11 Å². The molecular weight excluding hydrogens is 292 g/mol. The number of hydrogen-bond acceptors (Lipinski definition) is 4. The molecule has 0 aliphatic carbocycles. The monoisotopic (exact) mass is 310 g/mol. The van der Waals surface area contributed by atoms with Gasteiger partial charge in [0.05, 0.1) is 18.2 Å². The van der Waals surface area contributed by atoms with E-state index in [1.54, 1.807) is 11.3 Å². The lowest BCUT2D eigenvalue weighted by molar-refractivity contribution is 0.197. The van der Waals surface area contributed by atoms with Crippen molar-refractivity contribution >= 4 is 22.9 Å². The Labute approximate surface area is 128 Å². The van der Waals surface area contributed by atoms with Crippen molar-refractivity contribution in [2.24, 2.45) is 0 Å². The Morgan fingerprint density at radius 2 is 2.25 bits per heavy atom. The average molecular weight is 311 g/mol. The molecule has 2 aromatic rings. The Kier molecular flexibility index (Phi) is 5.98. The lowest BCUT2D eigenvalue weighted by Crippen LogP contribution is -2.26. The van der Waals surface area contributed by atoms with Crippen LogP contribution in [0, 0.1) is 0 Å². The molecule has 3 nitrogen and oxygen atoms in total. The first-order valence-corrected chi connectivity index (χ1v) is 8.11. The average Bonchev–Trinajstić information content (AvgIpc) is 2.96. The van der Waals surface area contributed by atoms with Crippen LogP contribution >= 0.6 is 22.9 Å². The molecule has 0 saturated carbocycles. The SMILES string of the molecule is CCN(CCO)Cc1cccc(-c2nc(CCl)cs2)c1. The van der Waals surface area contributed by atoms with E-state index in [0.29, 0.717) is 12.4 Å². The normalized spacial score (nSPS) is 11.2. The molecule has 1 aromatic carbocycles. The van der Waals surface area contributed by atoms with Crippen LogP contribution in [-0.4, -0.2) is 34.7 Å². The van der Waals surface area contributed by atoms with Gasteiger partial charge in [-0.15, -0.1) is 22.9 Å². The van der Waals surface area contributed by atoms with Gasteiger partial charge in [-0.2, -0.15) is 0 Å². The maximum Gasteiger partial charge on any atom is 0.123 e. The Balaban J connectivity index is 2.14. The maximum absolute atomic E-state index is 9.05. The Morgan fingerprint density at radius 1 is 1.40 bits per heavy atom. The van der Waals surface area contributed by atoms with Gasteiger partial charge in [0.1, 0.15) is 5.01 Å². The molecule has 1 heterocycles. The van der Waals surface area contributed by atoms with E-state index in [1.165, 1.54) is 5.56 Å². The summed E-state index contributed by atoms with van der Waals surface area (Å²) in [6.07, 6.45) is 0. The fourth-order valence-electron chi connectivity index (χ4n) is 2.05. The predicted octanol–water partition coefficient (Wildman–Crippen LogP) is 3.36. The summed E-state index contributed by atoms with van der Waals surface area (Å²) in [6.45, 7) is 4.78. The summed E-state index contributed by atoms with van der Waals surface area (Å²) in [5, 5.41) is 12.1. The maximum atomic E-state index is 9.05. The summed E-state index contributed by atoms with van der Waals surface area (Å²) in [6, 6.07) is 8.40. The Bertz CT molecular complexity index is 544. The molecule has 0 aliphatic heterocycles. The van der Waals surface area contributed by atoms with Crippen molar-refractivity contribution in [3.05, 3.63) is 40.9 Å². The first kappa shape index (κ1) is 15.4. The van der Waals surface area contributed by atoms with Gasteiger partial charge in [0.15, 0.2) is 0 Å². The summed E-state index contributed by atoms with van der Waals surface area (Å²) in [7, 11) is 0. The number of hydrogen-bond donors (Lipinski definition) is 1. The summed E-state index contributed by atoms with van der Waals surface area (Å²) in [5.74, 6) is 0.455. The number of benzene rings is 1. The van der Waals surface area contributed by atoms with Gasteiger partial charge in [0.2, 0.25) is 0 Å². The molecule has 0 fully saturated rings. The van der Waals surface area contributed by atoms with Crippen LogP contribution in [0.15, 0.2) is 29.6 Å². The molecule has 0 radical (unpaired) electrons. The fraction of sp³-hybridized carbons (Fsp3) is 0.400. The minimum Gasteiger partial charge on any atom is -0.395 e. The third kappa shape index (κ3) is 4.03. The lowest BCUT2D eigenvalue weighted by Gasteiger charge is -2.19. The summed E-state index contributed by atoms with van der Waals surface area (Å²) in [4.78, 5) is 6.72. The van der Waals surface area contributed by atoms with E-state index in [0.717, 1.165) is 29.4 Å². The van der Waals surface area contributed by atoms with Gasteiger partial charge in [0.25, 0.3) is 0 Å². The number of likely N-dealkylation sites (N-methyl/N-ethyl adjacent to an activating group) is 1. The lowest BCUT2D eigenvalue weighted by atomic mass is 10.1. The molecule has 2 rings (SSSR count). The molecule has 0 unspecified atom stereocenters. The van der Waals surface area contributed by atoms with Gasteiger partial charge in [-0.1, -0.05) is 25.1 Å². The second-order valence-corrected chi connectivity index (χ2v) is 5.70. The van der Waals surface area contributed by atoms with E-state index in [4.69, 9.17) is 16.7 Å². The van der Waals surface area contributed by atoms with E-state index in [9.17, 15) is 0 Å². The van der Waals surface area contributed by atoms with Gasteiger partial charge in [-0.25, -0.2) is 4.98 Å². The van der Waals surface area contributed by atoms with E-state index in [2.05, 4.69) is 41.1 Å². The van der Waals surface area contributed by atoms with Crippen LogP contribution in [0.2, 0.25) is 0 Å². The first-order chi connectivity index (χ1) is 9.76. The van der Waals surface area contributed by atoms with Crippen molar-refractivity contribution in [2.75, 3.05) is 19.7 Å². The number of rotatable bonds is 7. The number of thiazole rings is 1. The molecule has 108 valence electrons. The van der Waals surface area contributed by atoms with Crippen molar-refractivity contribution in [3.8, 4) is 10.6 Å². The smallest absolute Gasteiger partial charge is 0.123 e. The largest absolute Gasteiger partial charge is 0.395 e. The van der Waals surface area contributed by atoms with Gasteiger partial charge < -0.3 is 5.11 Å². The second kappa shape index (κ2) is 7.74. The minimum absolute atomic E-state index is 0.194. The molecule has 0 atom stereocenters. The molecule has 0 spiro atoms. The standard InChI is InChI=1S/C15H19ClN2OS/c1-2-18(6-7-19)10-12-4-3-5-13(8-12)15-17-14(9-16)11-20-15/h3-5,8,11,19H,2,6-7,9-10H2,1H3. The molecule has 1 N–H and O–H groups in total. The highest BCUT2D eigenvalue weighted by Crippen LogP contribution is 2.25. The van der Waals surface area contributed by atoms with Gasteiger partial charge in [-0.05, 0) is 18.2 Å². The fourth-order valence-corrected chi connectivity index (χ4v) is 3.10. The number of aliphatic hydroxyl groups is 1. The van der Waals surface area contributed by atoms with Crippen LogP contribution in [0.25, 0.3) is 10.6 Å². The zero-order valence-electron chi connectivity index (χ0n) is 11.6. The van der Waals surface area contributed by atoms with Crippen LogP contribution in [0.3, 0.4) is 0 Å². The van der Waals surface area contributed by atoms with Gasteiger partial charge >= 0.3 is 0 Å². The molecule has 5 heteroatoms. The molecule has 0 saturated heterocycles. The van der Waals surface area contributed by atoms with Crippen molar-refractivity contribution in [3.63, 3.8) is 0 Å². The predicted molar refractivity (Wildman–Crippen MR) is 85.1 cm³/mol. The Hall–Kier alpha value is -0.940. The van der Waals surface area contributed by atoms with Crippen LogP contribution in [0.1, 0.15) is 18.2 Å². The molecule has 0 amide bonds. The van der Waals surface area contributed by atoms with E-state index < -0.39 is 0 Å². The second-order valence-electron chi connectivity index (χ2n) is 4.57. The van der Waals surface area contributed by atoms with Crippen LogP contribution in [0.4, 0.5) is 0 Å². The van der Waals surface area contributed by atoms with Crippen molar-refractivity contribution in [2.45, 2.75) is 19.3 Å². The van der Waals surface area contributed by atoms with Crippen molar-refractivity contribution in [1.82, 2.24) is 9.88 Å². The number of aliphatic hydroxyl groups excluding tert-OH is 1. The highest BCUT2D eigenvalue weighted by molar-refractivity contribution is 7.13. The topological polar surface area (TPSA) is 36.4 Å².